The Morgan fingerprint density at radius 3 is 2.47 bits per heavy atom. The summed E-state index contributed by atoms with van der Waals surface area (Å²) in [7, 11) is 2.14. The minimum atomic E-state index is 0.393. The van der Waals surface area contributed by atoms with E-state index in [0.29, 0.717) is 4.83 Å². The van der Waals surface area contributed by atoms with Crippen LogP contribution in [0.1, 0.15) is 16.0 Å². The van der Waals surface area contributed by atoms with Gasteiger partial charge in [0.25, 0.3) is 0 Å². The fourth-order valence-corrected chi connectivity index (χ4v) is 3.24. The summed E-state index contributed by atoms with van der Waals surface area (Å²) < 4.78 is 0. The number of rotatable bonds is 0. The quantitative estimate of drug-likeness (QED) is 0.647. The van der Waals surface area contributed by atoms with Gasteiger partial charge in [-0.3, -0.25) is 0 Å². The number of benzene rings is 2. The van der Waals surface area contributed by atoms with Crippen molar-refractivity contribution in [3.8, 4) is 0 Å². The van der Waals surface area contributed by atoms with Gasteiger partial charge in [0.2, 0.25) is 0 Å². The van der Waals surface area contributed by atoms with E-state index in [1.165, 1.54) is 22.5 Å². The molecule has 0 unspecified atom stereocenters. The zero-order valence-electron chi connectivity index (χ0n) is 9.73. The molecule has 0 spiro atoms. The Bertz CT molecular complexity index is 550. The first-order chi connectivity index (χ1) is 8.27. The van der Waals surface area contributed by atoms with Gasteiger partial charge in [0.15, 0.2) is 0 Å². The van der Waals surface area contributed by atoms with Crippen LogP contribution in [0.4, 0.5) is 11.4 Å². The van der Waals surface area contributed by atoms with E-state index in [2.05, 4.69) is 76.4 Å². The maximum atomic E-state index is 3.81. The van der Waals surface area contributed by atoms with Gasteiger partial charge in [-0.15, -0.1) is 0 Å². The van der Waals surface area contributed by atoms with Crippen LogP contribution in [0.2, 0.25) is 0 Å². The van der Waals surface area contributed by atoms with Gasteiger partial charge in [-0.2, -0.15) is 0 Å². The summed E-state index contributed by atoms with van der Waals surface area (Å²) in [5.41, 5.74) is 5.36. The molecule has 0 radical (unpaired) electrons. The van der Waals surface area contributed by atoms with Crippen LogP contribution in [-0.2, 0) is 6.42 Å². The molecular formula is C15H14BrN. The minimum absolute atomic E-state index is 0.393. The van der Waals surface area contributed by atoms with Gasteiger partial charge in [0.1, 0.15) is 0 Å². The second-order valence-electron chi connectivity index (χ2n) is 4.42. The predicted molar refractivity (Wildman–Crippen MR) is 76.3 cm³/mol. The first-order valence-corrected chi connectivity index (χ1v) is 6.73. The van der Waals surface area contributed by atoms with E-state index in [0.717, 1.165) is 6.42 Å². The van der Waals surface area contributed by atoms with Gasteiger partial charge >= 0.3 is 0 Å². The van der Waals surface area contributed by atoms with Gasteiger partial charge in [-0.25, -0.2) is 0 Å². The Kier molecular flexibility index (Phi) is 2.67. The summed E-state index contributed by atoms with van der Waals surface area (Å²) in [4.78, 5) is 2.68. The first kappa shape index (κ1) is 10.8. The largest absolute Gasteiger partial charge is 0.344 e. The van der Waals surface area contributed by atoms with Gasteiger partial charge in [0.05, 0.1) is 0 Å². The van der Waals surface area contributed by atoms with Crippen LogP contribution in [0.15, 0.2) is 48.5 Å². The smallest absolute Gasteiger partial charge is 0.0456 e. The normalized spacial score (nSPS) is 18.2. The fraction of sp³-hybridized carbons (Fsp3) is 0.200. The molecule has 0 saturated carbocycles. The number of alkyl halides is 1. The Labute approximate surface area is 110 Å². The summed E-state index contributed by atoms with van der Waals surface area (Å²) in [6.07, 6.45) is 1.04. The standard InChI is InChI=1S/C15H14BrN/c1-17-14-8-4-2-6-11(14)10-13(16)12-7-3-5-9-15(12)17/h2-9,13H,10H2,1H3/t13-/m0/s1. The molecule has 0 saturated heterocycles. The van der Waals surface area contributed by atoms with E-state index in [4.69, 9.17) is 0 Å². The molecule has 1 atom stereocenters. The molecular weight excluding hydrogens is 274 g/mol. The lowest BCUT2D eigenvalue weighted by molar-refractivity contribution is 0.966. The van der Waals surface area contributed by atoms with Crippen molar-refractivity contribution in [2.24, 2.45) is 0 Å². The number of halogens is 1. The molecule has 0 N–H and O–H groups in total. The van der Waals surface area contributed by atoms with Crippen LogP contribution in [-0.4, -0.2) is 7.05 Å². The summed E-state index contributed by atoms with van der Waals surface area (Å²) in [5.74, 6) is 0. The van der Waals surface area contributed by atoms with E-state index < -0.39 is 0 Å². The van der Waals surface area contributed by atoms with Crippen molar-refractivity contribution in [2.75, 3.05) is 11.9 Å². The molecule has 0 aromatic heterocycles. The van der Waals surface area contributed by atoms with Crippen molar-refractivity contribution < 1.29 is 0 Å². The highest BCUT2D eigenvalue weighted by molar-refractivity contribution is 9.09. The molecule has 1 nitrogen and oxygen atoms in total. The van der Waals surface area contributed by atoms with Crippen molar-refractivity contribution in [3.63, 3.8) is 0 Å². The van der Waals surface area contributed by atoms with E-state index >= 15 is 0 Å². The van der Waals surface area contributed by atoms with Crippen molar-refractivity contribution in [1.82, 2.24) is 0 Å². The monoisotopic (exact) mass is 287 g/mol. The van der Waals surface area contributed by atoms with Crippen molar-refractivity contribution in [3.05, 3.63) is 59.7 Å². The van der Waals surface area contributed by atoms with Crippen molar-refractivity contribution in [2.45, 2.75) is 11.2 Å². The fourth-order valence-electron chi connectivity index (χ4n) is 2.50. The molecule has 1 aliphatic rings. The third-order valence-electron chi connectivity index (χ3n) is 3.39. The topological polar surface area (TPSA) is 3.24 Å². The molecule has 2 heteroatoms. The number of hydrogen-bond donors (Lipinski definition) is 0. The Balaban J connectivity index is 2.22. The molecule has 1 aliphatic heterocycles. The molecule has 1 heterocycles. The minimum Gasteiger partial charge on any atom is -0.344 e. The average molecular weight is 288 g/mol. The second kappa shape index (κ2) is 4.19. The second-order valence-corrected chi connectivity index (χ2v) is 5.52. The maximum absolute atomic E-state index is 3.81. The summed E-state index contributed by atoms with van der Waals surface area (Å²) in [6, 6.07) is 17.2. The molecule has 0 aliphatic carbocycles. The SMILES string of the molecule is CN1c2ccccc2C[C@H](Br)c2ccccc21. The number of para-hydroxylation sites is 2. The number of hydrogen-bond acceptors (Lipinski definition) is 1. The van der Waals surface area contributed by atoms with Crippen LogP contribution in [0.3, 0.4) is 0 Å². The first-order valence-electron chi connectivity index (χ1n) is 5.82. The van der Waals surface area contributed by atoms with Crippen LogP contribution in [0.25, 0.3) is 0 Å². The number of fused-ring (bicyclic) bond motifs is 2. The highest BCUT2D eigenvalue weighted by atomic mass is 79.9. The highest BCUT2D eigenvalue weighted by Crippen LogP contribution is 2.42. The van der Waals surface area contributed by atoms with Crippen molar-refractivity contribution in [1.29, 1.82) is 0 Å². The van der Waals surface area contributed by atoms with Crippen LogP contribution < -0.4 is 4.90 Å². The molecule has 0 fully saturated rings. The maximum Gasteiger partial charge on any atom is 0.0456 e. The van der Waals surface area contributed by atoms with Gasteiger partial charge < -0.3 is 4.90 Å². The summed E-state index contributed by atoms with van der Waals surface area (Å²) in [6.45, 7) is 0. The molecule has 3 rings (SSSR count). The highest BCUT2D eigenvalue weighted by Gasteiger charge is 2.22. The number of anilines is 2. The third-order valence-corrected chi connectivity index (χ3v) is 4.20. The van der Waals surface area contributed by atoms with Gasteiger partial charge in [-0.1, -0.05) is 52.3 Å². The summed E-state index contributed by atoms with van der Waals surface area (Å²) in [5, 5.41) is 0. The number of nitrogens with zero attached hydrogens (tertiary/aromatic N) is 1. The van der Waals surface area contributed by atoms with E-state index in [1.807, 2.05) is 0 Å². The zero-order valence-corrected chi connectivity index (χ0v) is 11.3. The van der Waals surface area contributed by atoms with E-state index in [-0.39, 0.29) is 0 Å². The lowest BCUT2D eigenvalue weighted by atomic mass is 10.0. The Morgan fingerprint density at radius 1 is 1.00 bits per heavy atom. The third kappa shape index (κ3) is 1.77. The van der Waals surface area contributed by atoms with Crippen LogP contribution in [0, 0.1) is 0 Å². The Morgan fingerprint density at radius 2 is 1.65 bits per heavy atom. The molecule has 17 heavy (non-hydrogen) atoms. The molecule has 86 valence electrons. The predicted octanol–water partition coefficient (Wildman–Crippen LogP) is 4.45. The van der Waals surface area contributed by atoms with Gasteiger partial charge in [-0.05, 0) is 29.7 Å². The molecule has 2 aromatic carbocycles. The van der Waals surface area contributed by atoms with Crippen LogP contribution >= 0.6 is 15.9 Å². The van der Waals surface area contributed by atoms with Crippen molar-refractivity contribution >= 4 is 27.3 Å². The summed E-state index contributed by atoms with van der Waals surface area (Å²) >= 11 is 3.81. The van der Waals surface area contributed by atoms with Crippen LogP contribution in [0.5, 0.6) is 0 Å². The Hall–Kier alpha value is -1.28. The lowest BCUT2D eigenvalue weighted by Gasteiger charge is -2.21. The van der Waals surface area contributed by atoms with E-state index in [9.17, 15) is 0 Å². The molecule has 0 bridgehead atoms. The lowest BCUT2D eigenvalue weighted by Crippen LogP contribution is -2.10. The van der Waals surface area contributed by atoms with Gasteiger partial charge in [0, 0.05) is 23.2 Å². The average Bonchev–Trinajstić information content (AvgIpc) is 2.48. The molecule has 0 amide bonds. The zero-order chi connectivity index (χ0) is 11.8. The van der Waals surface area contributed by atoms with E-state index in [1.54, 1.807) is 0 Å². The molecule has 2 aromatic rings.